The SMILES string of the molecule is CC.CC[C@H](C)CC(C)(CC)C(=O)OCC(F)(F)F.O=COCC1CO1. The van der Waals surface area contributed by atoms with Gasteiger partial charge in [0.1, 0.15) is 12.7 Å². The summed E-state index contributed by atoms with van der Waals surface area (Å²) < 4.78 is 49.3. The molecule has 0 amide bonds. The van der Waals surface area contributed by atoms with Crippen molar-refractivity contribution in [3.05, 3.63) is 0 Å². The van der Waals surface area contributed by atoms with E-state index in [0.29, 0.717) is 31.8 Å². The first-order valence-electron chi connectivity index (χ1n) is 8.98. The molecule has 3 atom stereocenters. The zero-order valence-corrected chi connectivity index (χ0v) is 16.6. The van der Waals surface area contributed by atoms with E-state index in [4.69, 9.17) is 4.74 Å². The van der Waals surface area contributed by atoms with Gasteiger partial charge in [0.25, 0.3) is 6.47 Å². The van der Waals surface area contributed by atoms with Gasteiger partial charge in [0.15, 0.2) is 6.61 Å². The molecule has 1 aliphatic rings. The summed E-state index contributed by atoms with van der Waals surface area (Å²) in [6.45, 7) is 11.5. The molecule has 0 N–H and O–H groups in total. The lowest BCUT2D eigenvalue weighted by atomic mass is 9.78. The van der Waals surface area contributed by atoms with Crippen molar-refractivity contribution in [2.75, 3.05) is 19.8 Å². The number of hydrogen-bond acceptors (Lipinski definition) is 5. The number of carbonyl (C=O) groups excluding carboxylic acids is 2. The molecule has 0 aromatic carbocycles. The van der Waals surface area contributed by atoms with Gasteiger partial charge < -0.3 is 14.2 Å². The number of ether oxygens (including phenoxy) is 3. The van der Waals surface area contributed by atoms with Crippen molar-refractivity contribution in [1.82, 2.24) is 0 Å². The predicted molar refractivity (Wildman–Crippen MR) is 92.6 cm³/mol. The lowest BCUT2D eigenvalue weighted by Gasteiger charge is -2.28. The van der Waals surface area contributed by atoms with Gasteiger partial charge in [0.05, 0.1) is 12.0 Å². The second kappa shape index (κ2) is 13.8. The molecule has 1 aliphatic heterocycles. The number of alkyl halides is 3. The van der Waals surface area contributed by atoms with Crippen molar-refractivity contribution in [2.45, 2.75) is 73.1 Å². The molecule has 8 heteroatoms. The van der Waals surface area contributed by atoms with Crippen molar-refractivity contribution in [3.63, 3.8) is 0 Å². The second-order valence-corrected chi connectivity index (χ2v) is 6.21. The molecule has 156 valence electrons. The summed E-state index contributed by atoms with van der Waals surface area (Å²) in [5.41, 5.74) is -0.819. The maximum absolute atomic E-state index is 12.0. The van der Waals surface area contributed by atoms with Crippen LogP contribution in [-0.4, -0.2) is 44.5 Å². The molecule has 0 aromatic rings. The molecule has 0 spiro atoms. The van der Waals surface area contributed by atoms with Crippen LogP contribution in [0.1, 0.15) is 60.8 Å². The molecule has 0 radical (unpaired) electrons. The number of halogens is 3. The normalized spacial score (nSPS) is 18.7. The van der Waals surface area contributed by atoms with Crippen LogP contribution in [0.5, 0.6) is 0 Å². The van der Waals surface area contributed by atoms with E-state index in [1.165, 1.54) is 0 Å². The molecule has 1 heterocycles. The molecule has 0 aliphatic carbocycles. The maximum Gasteiger partial charge on any atom is 0.422 e. The number of epoxide rings is 1. The molecule has 1 saturated heterocycles. The van der Waals surface area contributed by atoms with Gasteiger partial charge >= 0.3 is 12.1 Å². The van der Waals surface area contributed by atoms with Crippen molar-refractivity contribution in [3.8, 4) is 0 Å². The standard InChI is InChI=1S/C12H21F3O2.C4H6O3.C2H6/c1-5-9(3)7-11(4,6-2)10(16)17-8-12(13,14)15;5-3-6-1-4-2-7-4;1-2/h9H,5-8H2,1-4H3;3-4H,1-2H2;1-2H3/t9-,11?;;/m0../s1. The van der Waals surface area contributed by atoms with Gasteiger partial charge in [-0.1, -0.05) is 41.0 Å². The second-order valence-electron chi connectivity index (χ2n) is 6.21. The van der Waals surface area contributed by atoms with Crippen LogP contribution in [0.4, 0.5) is 13.2 Å². The van der Waals surface area contributed by atoms with Gasteiger partial charge in [-0.05, 0) is 25.7 Å². The molecule has 0 aromatic heterocycles. The Labute approximate surface area is 154 Å². The average Bonchev–Trinajstić information content (AvgIpc) is 3.43. The van der Waals surface area contributed by atoms with Gasteiger partial charge in [0.2, 0.25) is 0 Å². The molecule has 0 saturated carbocycles. The van der Waals surface area contributed by atoms with E-state index in [0.717, 1.165) is 13.0 Å². The Morgan fingerprint density at radius 3 is 2.19 bits per heavy atom. The Kier molecular flexibility index (Phi) is 14.3. The molecule has 5 nitrogen and oxygen atoms in total. The molecule has 0 bridgehead atoms. The fourth-order valence-corrected chi connectivity index (χ4v) is 1.92. The first kappa shape index (κ1) is 26.9. The summed E-state index contributed by atoms with van der Waals surface area (Å²) >= 11 is 0. The lowest BCUT2D eigenvalue weighted by molar-refractivity contribution is -0.193. The van der Waals surface area contributed by atoms with Crippen molar-refractivity contribution in [2.24, 2.45) is 11.3 Å². The molecule has 26 heavy (non-hydrogen) atoms. The molecule has 1 rings (SSSR count). The summed E-state index contributed by atoms with van der Waals surface area (Å²) in [4.78, 5) is 21.1. The minimum Gasteiger partial charge on any atom is -0.465 e. The number of rotatable bonds is 9. The summed E-state index contributed by atoms with van der Waals surface area (Å²) in [5.74, 6) is -0.462. The van der Waals surface area contributed by atoms with Gasteiger partial charge in [-0.2, -0.15) is 13.2 Å². The highest BCUT2D eigenvalue weighted by Crippen LogP contribution is 2.33. The summed E-state index contributed by atoms with van der Waals surface area (Å²) in [6, 6.07) is 0. The molecule has 2 unspecified atom stereocenters. The van der Waals surface area contributed by atoms with Crippen LogP contribution in [-0.2, 0) is 23.8 Å². The van der Waals surface area contributed by atoms with E-state index in [2.05, 4.69) is 9.47 Å². The van der Waals surface area contributed by atoms with Gasteiger partial charge in [-0.25, -0.2) is 0 Å². The van der Waals surface area contributed by atoms with Crippen LogP contribution in [0.15, 0.2) is 0 Å². The molecular formula is C18H33F3O5. The van der Waals surface area contributed by atoms with Crippen LogP contribution >= 0.6 is 0 Å². The van der Waals surface area contributed by atoms with Crippen LogP contribution in [0.2, 0.25) is 0 Å². The predicted octanol–water partition coefficient (Wildman–Crippen LogP) is 4.53. The van der Waals surface area contributed by atoms with Crippen LogP contribution in [0, 0.1) is 11.3 Å². The van der Waals surface area contributed by atoms with E-state index in [-0.39, 0.29) is 6.10 Å². The summed E-state index contributed by atoms with van der Waals surface area (Å²) in [7, 11) is 0. The quantitative estimate of drug-likeness (QED) is 0.331. The minimum atomic E-state index is -4.46. The number of carbonyl (C=O) groups is 2. The topological polar surface area (TPSA) is 65.1 Å². The van der Waals surface area contributed by atoms with Crippen LogP contribution in [0.3, 0.4) is 0 Å². The Morgan fingerprint density at radius 1 is 1.31 bits per heavy atom. The third kappa shape index (κ3) is 13.9. The smallest absolute Gasteiger partial charge is 0.422 e. The van der Waals surface area contributed by atoms with Gasteiger partial charge in [0, 0.05) is 0 Å². The first-order chi connectivity index (χ1) is 12.1. The highest BCUT2D eigenvalue weighted by atomic mass is 19.4. The first-order valence-corrected chi connectivity index (χ1v) is 8.98. The summed E-state index contributed by atoms with van der Waals surface area (Å²) in [6.07, 6.45) is -2.33. The third-order valence-electron chi connectivity index (χ3n) is 3.89. The highest BCUT2D eigenvalue weighted by Gasteiger charge is 2.37. The van der Waals surface area contributed by atoms with E-state index in [1.54, 1.807) is 13.8 Å². The molecular weight excluding hydrogens is 353 g/mol. The fourth-order valence-electron chi connectivity index (χ4n) is 1.92. The van der Waals surface area contributed by atoms with Crippen molar-refractivity contribution in [1.29, 1.82) is 0 Å². The monoisotopic (exact) mass is 386 g/mol. The fraction of sp³-hybridized carbons (Fsp3) is 0.889. The Hall–Kier alpha value is -1.31. The minimum absolute atomic E-state index is 0.199. The van der Waals surface area contributed by atoms with Gasteiger partial charge in [-0.3, -0.25) is 9.59 Å². The van der Waals surface area contributed by atoms with Crippen molar-refractivity contribution < 1.29 is 37.0 Å². The van der Waals surface area contributed by atoms with E-state index < -0.39 is 24.2 Å². The van der Waals surface area contributed by atoms with Gasteiger partial charge in [-0.15, -0.1) is 0 Å². The Morgan fingerprint density at radius 2 is 1.85 bits per heavy atom. The highest BCUT2D eigenvalue weighted by molar-refractivity contribution is 5.76. The lowest BCUT2D eigenvalue weighted by Crippen LogP contribution is -2.33. The largest absolute Gasteiger partial charge is 0.465 e. The van der Waals surface area contributed by atoms with E-state index >= 15 is 0 Å². The summed E-state index contributed by atoms with van der Waals surface area (Å²) in [5, 5.41) is 0. The average molecular weight is 386 g/mol. The Bertz CT molecular complexity index is 384. The van der Waals surface area contributed by atoms with Crippen LogP contribution < -0.4 is 0 Å². The van der Waals surface area contributed by atoms with E-state index in [9.17, 15) is 22.8 Å². The zero-order valence-electron chi connectivity index (χ0n) is 16.6. The number of esters is 1. The van der Waals surface area contributed by atoms with Crippen molar-refractivity contribution >= 4 is 12.4 Å². The number of hydrogen-bond donors (Lipinski definition) is 0. The van der Waals surface area contributed by atoms with Crippen LogP contribution in [0.25, 0.3) is 0 Å². The third-order valence-corrected chi connectivity index (χ3v) is 3.89. The zero-order chi connectivity index (χ0) is 20.8. The maximum atomic E-state index is 12.0. The van der Waals surface area contributed by atoms with E-state index in [1.807, 2.05) is 27.7 Å². The Balaban J connectivity index is 0. The molecule has 1 fully saturated rings.